The van der Waals surface area contributed by atoms with Gasteiger partial charge in [-0.05, 0) is 77.8 Å². The van der Waals surface area contributed by atoms with Gasteiger partial charge >= 0.3 is 0 Å². The fourth-order valence-corrected chi connectivity index (χ4v) is 7.78. The second-order valence-corrected chi connectivity index (χ2v) is 12.3. The maximum atomic E-state index is 11.5. The highest BCUT2D eigenvalue weighted by atomic mass is 16.3. The molecule has 3 heterocycles. The number of fused-ring (bicyclic) bond motifs is 6. The van der Waals surface area contributed by atoms with Crippen molar-refractivity contribution in [1.29, 1.82) is 0 Å². The number of aromatic nitrogens is 1. The van der Waals surface area contributed by atoms with E-state index in [0.717, 1.165) is 32.4 Å². The molecule has 4 aromatic rings. The number of hydrogen-bond donors (Lipinski definition) is 2. The number of aliphatic hydroxyl groups excluding tert-OH is 1. The SMILES string of the molecule is CC1C2C[C@@]3(C)c4[nH]c5ccccc5c4CCN3CC2C/C(=C\c2ccc(/C=C/c3ccccc3)cc2)[C@H]1O. The third-order valence-electron chi connectivity index (χ3n) is 9.98. The van der Waals surface area contributed by atoms with Crippen LogP contribution in [-0.4, -0.2) is 34.2 Å². The smallest absolute Gasteiger partial charge is 0.0781 e. The number of nitrogens with zero attached hydrogens (tertiary/aromatic N) is 1. The van der Waals surface area contributed by atoms with Gasteiger partial charge in [-0.1, -0.05) is 97.9 Å². The molecule has 3 heteroatoms. The molecule has 2 N–H and O–H groups in total. The molecule has 2 fully saturated rings. The molecule has 5 atom stereocenters. The molecule has 7 rings (SSSR count). The summed E-state index contributed by atoms with van der Waals surface area (Å²) in [5.74, 6) is 1.35. The molecule has 3 nitrogen and oxygen atoms in total. The summed E-state index contributed by atoms with van der Waals surface area (Å²) in [6.45, 7) is 6.94. The Morgan fingerprint density at radius 3 is 2.38 bits per heavy atom. The minimum Gasteiger partial charge on any atom is -0.388 e. The molecule has 39 heavy (non-hydrogen) atoms. The second-order valence-electron chi connectivity index (χ2n) is 12.3. The molecule has 1 saturated carbocycles. The predicted octanol–water partition coefficient (Wildman–Crippen LogP) is 7.53. The third kappa shape index (κ3) is 4.29. The number of H-pyrrole nitrogens is 1. The molecule has 3 aliphatic rings. The minimum atomic E-state index is -0.384. The van der Waals surface area contributed by atoms with Gasteiger partial charge in [0.2, 0.25) is 0 Å². The van der Waals surface area contributed by atoms with E-state index in [1.54, 1.807) is 0 Å². The van der Waals surface area contributed by atoms with Gasteiger partial charge < -0.3 is 10.1 Å². The molecular formula is C36H38N2O. The lowest BCUT2D eigenvalue weighted by Crippen LogP contribution is -2.59. The van der Waals surface area contributed by atoms with Crippen LogP contribution in [0.15, 0.2) is 84.4 Å². The van der Waals surface area contributed by atoms with Crippen LogP contribution in [0, 0.1) is 17.8 Å². The van der Waals surface area contributed by atoms with Gasteiger partial charge in [0.05, 0.1) is 11.6 Å². The van der Waals surface area contributed by atoms with Crippen LogP contribution in [0.3, 0.4) is 0 Å². The normalized spacial score (nSPS) is 29.9. The van der Waals surface area contributed by atoms with E-state index in [2.05, 4.69) is 115 Å². The van der Waals surface area contributed by atoms with Crippen molar-refractivity contribution in [3.05, 3.63) is 112 Å². The molecule has 2 aliphatic heterocycles. The van der Waals surface area contributed by atoms with Crippen LogP contribution < -0.4 is 0 Å². The average molecular weight is 515 g/mol. The summed E-state index contributed by atoms with van der Waals surface area (Å²) in [7, 11) is 0. The van der Waals surface area contributed by atoms with Crippen molar-refractivity contribution in [2.24, 2.45) is 17.8 Å². The van der Waals surface area contributed by atoms with Gasteiger partial charge in [-0.15, -0.1) is 0 Å². The molecule has 1 aliphatic carbocycles. The summed E-state index contributed by atoms with van der Waals surface area (Å²) >= 11 is 0. The van der Waals surface area contributed by atoms with Crippen LogP contribution in [0.1, 0.15) is 54.6 Å². The Balaban J connectivity index is 1.11. The number of hydrogen-bond acceptors (Lipinski definition) is 2. The van der Waals surface area contributed by atoms with Crippen LogP contribution in [0.25, 0.3) is 29.1 Å². The Labute approximate surface area is 231 Å². The van der Waals surface area contributed by atoms with E-state index in [1.165, 1.54) is 44.4 Å². The van der Waals surface area contributed by atoms with Crippen molar-refractivity contribution in [3.63, 3.8) is 0 Å². The zero-order chi connectivity index (χ0) is 26.6. The number of aromatic amines is 1. The topological polar surface area (TPSA) is 39.3 Å². The van der Waals surface area contributed by atoms with Crippen molar-refractivity contribution in [2.45, 2.75) is 44.8 Å². The summed E-state index contributed by atoms with van der Waals surface area (Å²) in [6.07, 6.45) is 9.37. The molecule has 0 spiro atoms. The Bertz CT molecular complexity index is 1550. The van der Waals surface area contributed by atoms with Crippen molar-refractivity contribution in [3.8, 4) is 0 Å². The number of benzene rings is 3. The highest BCUT2D eigenvalue weighted by Crippen LogP contribution is 2.53. The lowest BCUT2D eigenvalue weighted by molar-refractivity contribution is -0.0649. The Hall–Kier alpha value is -3.40. The molecule has 3 aromatic carbocycles. The number of rotatable bonds is 3. The van der Waals surface area contributed by atoms with Crippen molar-refractivity contribution < 1.29 is 5.11 Å². The van der Waals surface area contributed by atoms with Gasteiger partial charge in [-0.25, -0.2) is 0 Å². The van der Waals surface area contributed by atoms with E-state index in [-0.39, 0.29) is 17.6 Å². The quantitative estimate of drug-likeness (QED) is 0.277. The largest absolute Gasteiger partial charge is 0.388 e. The highest BCUT2D eigenvalue weighted by Gasteiger charge is 2.52. The zero-order valence-corrected chi connectivity index (χ0v) is 23.0. The Morgan fingerprint density at radius 1 is 0.897 bits per heavy atom. The predicted molar refractivity (Wildman–Crippen MR) is 162 cm³/mol. The monoisotopic (exact) mass is 514 g/mol. The number of para-hydroxylation sites is 1. The zero-order valence-electron chi connectivity index (χ0n) is 23.0. The van der Waals surface area contributed by atoms with Gasteiger partial charge in [-0.3, -0.25) is 4.90 Å². The van der Waals surface area contributed by atoms with Gasteiger partial charge in [0.15, 0.2) is 0 Å². The molecule has 1 aromatic heterocycles. The van der Waals surface area contributed by atoms with Crippen LogP contribution in [0.5, 0.6) is 0 Å². The van der Waals surface area contributed by atoms with Gasteiger partial charge in [0, 0.05) is 29.7 Å². The van der Waals surface area contributed by atoms with Crippen LogP contribution >= 0.6 is 0 Å². The van der Waals surface area contributed by atoms with E-state index in [4.69, 9.17) is 0 Å². The van der Waals surface area contributed by atoms with Crippen molar-refractivity contribution >= 4 is 29.1 Å². The van der Waals surface area contributed by atoms with Crippen LogP contribution in [0.2, 0.25) is 0 Å². The molecular weight excluding hydrogens is 476 g/mol. The molecule has 0 amide bonds. The maximum Gasteiger partial charge on any atom is 0.0781 e. The summed E-state index contributed by atoms with van der Waals surface area (Å²) in [6, 6.07) is 27.9. The summed E-state index contributed by atoms with van der Waals surface area (Å²) < 4.78 is 0. The van der Waals surface area contributed by atoms with Gasteiger partial charge in [0.1, 0.15) is 0 Å². The van der Waals surface area contributed by atoms with E-state index in [9.17, 15) is 5.11 Å². The number of nitrogens with one attached hydrogen (secondary N) is 1. The van der Waals surface area contributed by atoms with E-state index in [1.807, 2.05) is 6.07 Å². The van der Waals surface area contributed by atoms with E-state index < -0.39 is 0 Å². The van der Waals surface area contributed by atoms with Crippen molar-refractivity contribution in [2.75, 3.05) is 13.1 Å². The highest BCUT2D eigenvalue weighted by molar-refractivity contribution is 5.85. The van der Waals surface area contributed by atoms with Gasteiger partial charge in [-0.2, -0.15) is 0 Å². The maximum absolute atomic E-state index is 11.5. The summed E-state index contributed by atoms with van der Waals surface area (Å²) in [5, 5.41) is 12.9. The number of piperidine rings is 1. The molecule has 3 unspecified atom stereocenters. The Kier molecular flexibility index (Phi) is 6.10. The lowest BCUT2D eigenvalue weighted by Gasteiger charge is -2.56. The van der Waals surface area contributed by atoms with Crippen LogP contribution in [-0.2, 0) is 12.0 Å². The Morgan fingerprint density at radius 2 is 1.59 bits per heavy atom. The minimum absolute atomic E-state index is 0.00602. The van der Waals surface area contributed by atoms with Gasteiger partial charge in [0.25, 0.3) is 0 Å². The lowest BCUT2D eigenvalue weighted by atomic mass is 9.61. The summed E-state index contributed by atoms with van der Waals surface area (Å²) in [5.41, 5.74) is 8.95. The van der Waals surface area contributed by atoms with Crippen molar-refractivity contribution in [1.82, 2.24) is 9.88 Å². The fourth-order valence-electron chi connectivity index (χ4n) is 7.78. The first kappa shape index (κ1) is 24.6. The second kappa shape index (κ2) is 9.66. The first-order chi connectivity index (χ1) is 19.0. The molecule has 0 radical (unpaired) electrons. The van der Waals surface area contributed by atoms with Crippen LogP contribution in [0.4, 0.5) is 0 Å². The third-order valence-corrected chi connectivity index (χ3v) is 9.98. The molecule has 198 valence electrons. The van der Waals surface area contributed by atoms with E-state index in [0.29, 0.717) is 11.8 Å². The fraction of sp³-hybridized carbons (Fsp3) is 0.333. The summed E-state index contributed by atoms with van der Waals surface area (Å²) in [4.78, 5) is 6.56. The average Bonchev–Trinajstić information content (AvgIpc) is 3.36. The standard InChI is InChI=1S/C36H38N2O/c1-24-32-22-36(2)35-31(30-10-6-7-11-33(30)37-35)18-19-38(36)23-29(32)21-28(34(24)39)20-27-16-14-26(15-17-27)13-12-25-8-4-3-5-9-25/h3-17,20,24,29,32,34,37,39H,18-19,21-23H2,1-2H3/b13-12+,28-20+/t24?,29?,32?,34-,36-/m0/s1. The first-order valence-corrected chi connectivity index (χ1v) is 14.6. The first-order valence-electron chi connectivity index (χ1n) is 14.6. The number of aliphatic hydroxyl groups is 1. The molecule has 1 saturated heterocycles. The van der Waals surface area contributed by atoms with E-state index >= 15 is 0 Å². The molecule has 0 bridgehead atoms.